The van der Waals surface area contributed by atoms with E-state index in [2.05, 4.69) is 10.3 Å². The van der Waals surface area contributed by atoms with Crippen LogP contribution in [0.2, 0.25) is 0 Å². The Balaban J connectivity index is 2.22. The lowest BCUT2D eigenvalue weighted by Gasteiger charge is -2.08. The smallest absolute Gasteiger partial charge is 0.269 e. The number of para-hydroxylation sites is 1. The van der Waals surface area contributed by atoms with Crippen LogP contribution in [-0.2, 0) is 0 Å². The number of methoxy groups -OCH3 is 1. The molecule has 0 saturated carbocycles. The van der Waals surface area contributed by atoms with Crippen molar-refractivity contribution < 1.29 is 9.53 Å². The van der Waals surface area contributed by atoms with E-state index in [1.54, 1.807) is 19.4 Å². The molecule has 104 valence electrons. The molecular formula is C15H17N3O2. The SMILES string of the molecule is COc1ccccc1-c1ccc(C(=O)NCCN)nc1. The van der Waals surface area contributed by atoms with Gasteiger partial charge in [0.05, 0.1) is 7.11 Å². The quantitative estimate of drug-likeness (QED) is 0.862. The van der Waals surface area contributed by atoms with Crippen molar-refractivity contribution in [3.63, 3.8) is 0 Å². The van der Waals surface area contributed by atoms with Crippen molar-refractivity contribution in [2.45, 2.75) is 0 Å². The third kappa shape index (κ3) is 3.13. The van der Waals surface area contributed by atoms with Crippen LogP contribution >= 0.6 is 0 Å². The minimum absolute atomic E-state index is 0.220. The average Bonchev–Trinajstić information content (AvgIpc) is 2.52. The first-order valence-corrected chi connectivity index (χ1v) is 6.34. The maximum atomic E-state index is 11.7. The van der Waals surface area contributed by atoms with E-state index < -0.39 is 0 Å². The van der Waals surface area contributed by atoms with Crippen LogP contribution in [0.5, 0.6) is 5.75 Å². The fourth-order valence-corrected chi connectivity index (χ4v) is 1.85. The summed E-state index contributed by atoms with van der Waals surface area (Å²) in [5, 5.41) is 2.68. The molecule has 1 heterocycles. The molecule has 5 heteroatoms. The van der Waals surface area contributed by atoms with Gasteiger partial charge in [-0.3, -0.25) is 9.78 Å². The first-order valence-electron chi connectivity index (χ1n) is 6.34. The Morgan fingerprint density at radius 3 is 2.75 bits per heavy atom. The van der Waals surface area contributed by atoms with Gasteiger partial charge in [-0.05, 0) is 12.1 Å². The van der Waals surface area contributed by atoms with E-state index in [9.17, 15) is 4.79 Å². The molecule has 20 heavy (non-hydrogen) atoms. The average molecular weight is 271 g/mol. The van der Waals surface area contributed by atoms with Gasteiger partial charge in [0.15, 0.2) is 0 Å². The number of nitrogens with one attached hydrogen (secondary N) is 1. The number of ether oxygens (including phenoxy) is 1. The minimum Gasteiger partial charge on any atom is -0.496 e. The Hall–Kier alpha value is -2.40. The minimum atomic E-state index is -0.220. The second-order valence-corrected chi connectivity index (χ2v) is 4.18. The Morgan fingerprint density at radius 1 is 1.30 bits per heavy atom. The molecule has 1 aromatic carbocycles. The zero-order valence-corrected chi connectivity index (χ0v) is 11.3. The largest absolute Gasteiger partial charge is 0.496 e. The highest BCUT2D eigenvalue weighted by atomic mass is 16.5. The summed E-state index contributed by atoms with van der Waals surface area (Å²) in [7, 11) is 1.63. The molecule has 0 spiro atoms. The van der Waals surface area contributed by atoms with E-state index in [0.29, 0.717) is 18.8 Å². The summed E-state index contributed by atoms with van der Waals surface area (Å²) in [5.74, 6) is 0.552. The van der Waals surface area contributed by atoms with Crippen LogP contribution in [0.25, 0.3) is 11.1 Å². The number of amides is 1. The van der Waals surface area contributed by atoms with E-state index in [1.807, 2.05) is 30.3 Å². The topological polar surface area (TPSA) is 77.2 Å². The Morgan fingerprint density at radius 2 is 2.10 bits per heavy atom. The Bertz CT molecular complexity index is 582. The summed E-state index contributed by atoms with van der Waals surface area (Å²) >= 11 is 0. The van der Waals surface area contributed by atoms with Gasteiger partial charge in [-0.2, -0.15) is 0 Å². The maximum Gasteiger partial charge on any atom is 0.269 e. The van der Waals surface area contributed by atoms with Crippen molar-refractivity contribution in [1.82, 2.24) is 10.3 Å². The lowest BCUT2D eigenvalue weighted by molar-refractivity contribution is 0.0950. The van der Waals surface area contributed by atoms with Crippen LogP contribution < -0.4 is 15.8 Å². The van der Waals surface area contributed by atoms with Gasteiger partial charge in [-0.15, -0.1) is 0 Å². The number of hydrogen-bond acceptors (Lipinski definition) is 4. The van der Waals surface area contributed by atoms with Crippen LogP contribution in [-0.4, -0.2) is 31.1 Å². The summed E-state index contributed by atoms with van der Waals surface area (Å²) < 4.78 is 5.31. The summed E-state index contributed by atoms with van der Waals surface area (Å²) in [4.78, 5) is 15.9. The van der Waals surface area contributed by atoms with Gasteiger partial charge >= 0.3 is 0 Å². The number of pyridine rings is 1. The van der Waals surface area contributed by atoms with Crippen molar-refractivity contribution in [3.05, 3.63) is 48.3 Å². The molecule has 0 saturated heterocycles. The van der Waals surface area contributed by atoms with Crippen molar-refractivity contribution >= 4 is 5.91 Å². The summed E-state index contributed by atoms with van der Waals surface area (Å²) in [6, 6.07) is 11.2. The molecule has 0 unspecified atom stereocenters. The zero-order chi connectivity index (χ0) is 14.4. The summed E-state index contributed by atoms with van der Waals surface area (Å²) in [6.07, 6.45) is 1.66. The van der Waals surface area contributed by atoms with Crippen molar-refractivity contribution in [2.24, 2.45) is 5.73 Å². The van der Waals surface area contributed by atoms with Gasteiger partial charge in [0, 0.05) is 30.4 Å². The van der Waals surface area contributed by atoms with Gasteiger partial charge in [-0.1, -0.05) is 24.3 Å². The van der Waals surface area contributed by atoms with E-state index in [1.165, 1.54) is 0 Å². The Labute approximate surface area is 117 Å². The van der Waals surface area contributed by atoms with Crippen LogP contribution in [0, 0.1) is 0 Å². The highest BCUT2D eigenvalue weighted by Crippen LogP contribution is 2.28. The zero-order valence-electron chi connectivity index (χ0n) is 11.3. The lowest BCUT2D eigenvalue weighted by Crippen LogP contribution is -2.29. The fourth-order valence-electron chi connectivity index (χ4n) is 1.85. The number of nitrogens with zero attached hydrogens (tertiary/aromatic N) is 1. The molecule has 1 amide bonds. The molecule has 2 aromatic rings. The summed E-state index contributed by atoms with van der Waals surface area (Å²) in [5.41, 5.74) is 7.55. The second kappa shape index (κ2) is 6.68. The van der Waals surface area contributed by atoms with Crippen LogP contribution in [0.4, 0.5) is 0 Å². The predicted octanol–water partition coefficient (Wildman–Crippen LogP) is 1.45. The molecule has 1 aromatic heterocycles. The second-order valence-electron chi connectivity index (χ2n) is 4.18. The van der Waals surface area contributed by atoms with Gasteiger partial charge in [-0.25, -0.2) is 0 Å². The highest BCUT2D eigenvalue weighted by molar-refractivity contribution is 5.92. The number of aromatic nitrogens is 1. The lowest BCUT2D eigenvalue weighted by atomic mass is 10.1. The van der Waals surface area contributed by atoms with Crippen LogP contribution in [0.1, 0.15) is 10.5 Å². The third-order valence-corrected chi connectivity index (χ3v) is 2.84. The molecule has 2 rings (SSSR count). The molecule has 0 aliphatic rings. The van der Waals surface area contributed by atoms with Crippen molar-refractivity contribution in [3.8, 4) is 16.9 Å². The number of carbonyl (C=O) groups is 1. The van der Waals surface area contributed by atoms with E-state index in [-0.39, 0.29) is 5.91 Å². The van der Waals surface area contributed by atoms with Gasteiger partial charge in [0.1, 0.15) is 11.4 Å². The molecule has 0 bridgehead atoms. The number of nitrogens with two attached hydrogens (primary N) is 1. The number of benzene rings is 1. The monoisotopic (exact) mass is 271 g/mol. The van der Waals surface area contributed by atoms with Gasteiger partial charge < -0.3 is 15.8 Å². The molecule has 0 fully saturated rings. The van der Waals surface area contributed by atoms with Crippen molar-refractivity contribution in [1.29, 1.82) is 0 Å². The van der Waals surface area contributed by atoms with E-state index >= 15 is 0 Å². The molecule has 3 N–H and O–H groups in total. The number of rotatable bonds is 5. The molecule has 5 nitrogen and oxygen atoms in total. The maximum absolute atomic E-state index is 11.7. The highest BCUT2D eigenvalue weighted by Gasteiger charge is 2.08. The molecule has 0 atom stereocenters. The standard InChI is InChI=1S/C15H17N3O2/c1-20-14-5-3-2-4-12(14)11-6-7-13(18-10-11)15(19)17-9-8-16/h2-7,10H,8-9,16H2,1H3,(H,17,19). The molecule has 0 aliphatic carbocycles. The Kier molecular flexibility index (Phi) is 4.68. The first kappa shape index (κ1) is 14.0. The van der Waals surface area contributed by atoms with Crippen LogP contribution in [0.15, 0.2) is 42.6 Å². The molecular weight excluding hydrogens is 254 g/mol. The van der Waals surface area contributed by atoms with Gasteiger partial charge in [0.2, 0.25) is 0 Å². The van der Waals surface area contributed by atoms with E-state index in [4.69, 9.17) is 10.5 Å². The predicted molar refractivity (Wildman–Crippen MR) is 77.6 cm³/mol. The third-order valence-electron chi connectivity index (χ3n) is 2.84. The first-order chi connectivity index (χ1) is 9.76. The number of carbonyl (C=O) groups excluding carboxylic acids is 1. The summed E-state index contributed by atoms with van der Waals surface area (Å²) in [6.45, 7) is 0.847. The number of hydrogen-bond donors (Lipinski definition) is 2. The normalized spacial score (nSPS) is 10.1. The molecule has 0 aliphatic heterocycles. The molecule has 0 radical (unpaired) electrons. The van der Waals surface area contributed by atoms with Crippen molar-refractivity contribution in [2.75, 3.05) is 20.2 Å². The van der Waals surface area contributed by atoms with E-state index in [0.717, 1.165) is 16.9 Å². The van der Waals surface area contributed by atoms with Gasteiger partial charge in [0.25, 0.3) is 5.91 Å². The van der Waals surface area contributed by atoms with Crippen LogP contribution in [0.3, 0.4) is 0 Å². The fraction of sp³-hybridized carbons (Fsp3) is 0.200.